The zero-order valence-corrected chi connectivity index (χ0v) is 15.4. The largest absolute Gasteiger partial charge is 0.477 e. The van der Waals surface area contributed by atoms with Gasteiger partial charge in [0.15, 0.2) is 12.4 Å². The van der Waals surface area contributed by atoms with Crippen molar-refractivity contribution in [2.75, 3.05) is 11.5 Å². The molecule has 0 spiro atoms. The molecule has 0 atom stereocenters. The van der Waals surface area contributed by atoms with Crippen LogP contribution in [-0.2, 0) is 11.3 Å². The van der Waals surface area contributed by atoms with Crippen molar-refractivity contribution in [3.63, 3.8) is 0 Å². The summed E-state index contributed by atoms with van der Waals surface area (Å²) in [6.45, 7) is 2.05. The molecule has 0 aliphatic carbocycles. The number of hydrogen-bond donors (Lipinski definition) is 0. The monoisotopic (exact) mass is 376 g/mol. The fraction of sp³-hybridized carbons (Fsp3) is 0.136. The van der Waals surface area contributed by atoms with E-state index in [1.54, 1.807) is 17.0 Å². The van der Waals surface area contributed by atoms with Crippen LogP contribution in [0.2, 0.25) is 0 Å². The molecule has 0 aliphatic heterocycles. The van der Waals surface area contributed by atoms with Crippen molar-refractivity contribution in [1.29, 1.82) is 0 Å². The van der Waals surface area contributed by atoms with Crippen molar-refractivity contribution < 1.29 is 14.5 Å². The molecule has 0 heterocycles. The number of carbonyl (C=O) groups is 1. The Hall–Kier alpha value is -3.67. The molecule has 0 N–H and O–H groups in total. The van der Waals surface area contributed by atoms with E-state index in [-0.39, 0.29) is 24.0 Å². The van der Waals surface area contributed by atoms with E-state index in [9.17, 15) is 14.9 Å². The standard InChI is InChI=1S/C22H20N2O4/c1-17-11-13-19(14-12-17)23(15-18-7-3-2-4-8-18)22(25)16-28-21-10-6-5-9-20(21)24(26)27/h2-14H,15-16H2,1H3. The normalized spacial score (nSPS) is 10.3. The molecule has 0 saturated heterocycles. The zero-order chi connectivity index (χ0) is 19.9. The molecule has 6 nitrogen and oxygen atoms in total. The second-order valence-corrected chi connectivity index (χ2v) is 6.31. The molecule has 6 heteroatoms. The van der Waals surface area contributed by atoms with Crippen molar-refractivity contribution in [3.05, 3.63) is 100 Å². The minimum absolute atomic E-state index is 0.0735. The van der Waals surface area contributed by atoms with Gasteiger partial charge in [-0.05, 0) is 30.7 Å². The number of carbonyl (C=O) groups excluding carboxylic acids is 1. The average molecular weight is 376 g/mol. The van der Waals surface area contributed by atoms with Gasteiger partial charge in [-0.1, -0.05) is 60.2 Å². The quantitative estimate of drug-likeness (QED) is 0.449. The summed E-state index contributed by atoms with van der Waals surface area (Å²) in [5.74, 6) is -0.213. The Morgan fingerprint density at radius 3 is 2.29 bits per heavy atom. The summed E-state index contributed by atoms with van der Waals surface area (Å²) in [5, 5.41) is 11.1. The van der Waals surface area contributed by atoms with E-state index in [1.807, 2.05) is 61.5 Å². The van der Waals surface area contributed by atoms with Gasteiger partial charge in [-0.2, -0.15) is 0 Å². The molecule has 0 aliphatic rings. The Morgan fingerprint density at radius 2 is 1.61 bits per heavy atom. The van der Waals surface area contributed by atoms with E-state index < -0.39 is 4.92 Å². The van der Waals surface area contributed by atoms with Crippen LogP contribution in [0.5, 0.6) is 5.75 Å². The third-order valence-corrected chi connectivity index (χ3v) is 4.24. The van der Waals surface area contributed by atoms with E-state index in [2.05, 4.69) is 0 Å². The lowest BCUT2D eigenvalue weighted by Gasteiger charge is -2.23. The van der Waals surface area contributed by atoms with Crippen LogP contribution in [-0.4, -0.2) is 17.4 Å². The van der Waals surface area contributed by atoms with Crippen LogP contribution in [0.15, 0.2) is 78.9 Å². The minimum Gasteiger partial charge on any atom is -0.477 e. The molecule has 142 valence electrons. The number of rotatable bonds is 7. The predicted octanol–water partition coefficient (Wildman–Crippen LogP) is 4.52. The van der Waals surface area contributed by atoms with E-state index >= 15 is 0 Å². The highest BCUT2D eigenvalue weighted by molar-refractivity contribution is 5.94. The van der Waals surface area contributed by atoms with E-state index in [0.29, 0.717) is 6.54 Å². The van der Waals surface area contributed by atoms with Crippen LogP contribution in [0.3, 0.4) is 0 Å². The molecule has 3 aromatic carbocycles. The minimum atomic E-state index is -0.526. The molecule has 0 fully saturated rings. The smallest absolute Gasteiger partial charge is 0.310 e. The van der Waals surface area contributed by atoms with Gasteiger partial charge in [0.2, 0.25) is 0 Å². The van der Waals surface area contributed by atoms with Gasteiger partial charge >= 0.3 is 5.69 Å². The lowest BCUT2D eigenvalue weighted by Crippen LogP contribution is -2.34. The summed E-state index contributed by atoms with van der Waals surface area (Å²) in [7, 11) is 0. The number of benzene rings is 3. The van der Waals surface area contributed by atoms with Crippen LogP contribution in [0.25, 0.3) is 0 Å². The Bertz CT molecular complexity index is 956. The molecular weight excluding hydrogens is 356 g/mol. The Labute approximate surface area is 163 Å². The van der Waals surface area contributed by atoms with Gasteiger partial charge in [0.1, 0.15) is 0 Å². The highest BCUT2D eigenvalue weighted by Crippen LogP contribution is 2.26. The van der Waals surface area contributed by atoms with Gasteiger partial charge in [-0.25, -0.2) is 0 Å². The van der Waals surface area contributed by atoms with Crippen LogP contribution in [0.4, 0.5) is 11.4 Å². The SMILES string of the molecule is Cc1ccc(N(Cc2ccccc2)C(=O)COc2ccccc2[N+](=O)[O-])cc1. The fourth-order valence-electron chi connectivity index (χ4n) is 2.76. The number of ether oxygens (including phenoxy) is 1. The number of amides is 1. The molecule has 0 aromatic heterocycles. The third kappa shape index (κ3) is 4.73. The lowest BCUT2D eigenvalue weighted by atomic mass is 10.1. The topological polar surface area (TPSA) is 72.7 Å². The maximum atomic E-state index is 12.9. The Morgan fingerprint density at radius 1 is 0.964 bits per heavy atom. The lowest BCUT2D eigenvalue weighted by molar-refractivity contribution is -0.385. The first-order valence-corrected chi connectivity index (χ1v) is 8.82. The van der Waals surface area contributed by atoms with Gasteiger partial charge in [0, 0.05) is 11.8 Å². The molecule has 28 heavy (non-hydrogen) atoms. The maximum Gasteiger partial charge on any atom is 0.310 e. The van der Waals surface area contributed by atoms with Gasteiger partial charge in [0.05, 0.1) is 11.5 Å². The Kier molecular flexibility index (Phi) is 6.01. The van der Waals surface area contributed by atoms with Crippen LogP contribution in [0, 0.1) is 17.0 Å². The molecule has 0 radical (unpaired) electrons. The number of nitro benzene ring substituents is 1. The average Bonchev–Trinajstić information content (AvgIpc) is 2.72. The number of nitrogens with zero attached hydrogens (tertiary/aromatic N) is 2. The van der Waals surface area contributed by atoms with Crippen LogP contribution < -0.4 is 9.64 Å². The first-order chi connectivity index (χ1) is 13.5. The van der Waals surface area contributed by atoms with Crippen molar-refractivity contribution >= 4 is 17.3 Å². The number of anilines is 1. The van der Waals surface area contributed by atoms with Crippen LogP contribution in [0.1, 0.15) is 11.1 Å². The predicted molar refractivity (Wildman–Crippen MR) is 107 cm³/mol. The third-order valence-electron chi connectivity index (χ3n) is 4.24. The summed E-state index contributed by atoms with van der Waals surface area (Å²) in [6.07, 6.45) is 0. The van der Waals surface area contributed by atoms with Gasteiger partial charge in [0.25, 0.3) is 5.91 Å². The molecule has 3 rings (SSSR count). The summed E-state index contributed by atoms with van der Waals surface area (Å²) in [6, 6.07) is 23.3. The summed E-state index contributed by atoms with van der Waals surface area (Å²) in [4.78, 5) is 25.1. The Balaban J connectivity index is 1.80. The first-order valence-electron chi connectivity index (χ1n) is 8.82. The molecular formula is C22H20N2O4. The van der Waals surface area contributed by atoms with E-state index in [4.69, 9.17) is 4.74 Å². The number of para-hydroxylation sites is 2. The van der Waals surface area contributed by atoms with Crippen LogP contribution >= 0.6 is 0 Å². The summed E-state index contributed by atoms with van der Waals surface area (Å²) >= 11 is 0. The van der Waals surface area contributed by atoms with E-state index in [1.165, 1.54) is 12.1 Å². The summed E-state index contributed by atoms with van der Waals surface area (Å²) < 4.78 is 5.49. The summed E-state index contributed by atoms with van der Waals surface area (Å²) in [5.41, 5.74) is 2.64. The second-order valence-electron chi connectivity index (χ2n) is 6.31. The van der Waals surface area contributed by atoms with Crippen molar-refractivity contribution in [2.45, 2.75) is 13.5 Å². The molecule has 1 amide bonds. The number of hydrogen-bond acceptors (Lipinski definition) is 4. The highest BCUT2D eigenvalue weighted by atomic mass is 16.6. The second kappa shape index (κ2) is 8.81. The van der Waals surface area contributed by atoms with Crippen molar-refractivity contribution in [1.82, 2.24) is 0 Å². The zero-order valence-electron chi connectivity index (χ0n) is 15.4. The first kappa shape index (κ1) is 19.1. The molecule has 0 saturated carbocycles. The molecule has 0 bridgehead atoms. The maximum absolute atomic E-state index is 12.9. The number of aryl methyl sites for hydroxylation is 1. The highest BCUT2D eigenvalue weighted by Gasteiger charge is 2.20. The molecule has 3 aromatic rings. The van der Waals surface area contributed by atoms with Crippen molar-refractivity contribution in [3.8, 4) is 5.75 Å². The van der Waals surface area contributed by atoms with Gasteiger partial charge in [-0.3, -0.25) is 14.9 Å². The van der Waals surface area contributed by atoms with Gasteiger partial charge in [-0.15, -0.1) is 0 Å². The number of nitro groups is 1. The fourth-order valence-corrected chi connectivity index (χ4v) is 2.76. The molecule has 0 unspecified atom stereocenters. The van der Waals surface area contributed by atoms with Crippen molar-refractivity contribution in [2.24, 2.45) is 0 Å². The van der Waals surface area contributed by atoms with Gasteiger partial charge < -0.3 is 9.64 Å². The van der Waals surface area contributed by atoms with E-state index in [0.717, 1.165) is 16.8 Å².